The van der Waals surface area contributed by atoms with Gasteiger partial charge in [0.15, 0.2) is 5.82 Å². The highest BCUT2D eigenvalue weighted by atomic mass is 16.4. The number of carboxylic acids is 1. The van der Waals surface area contributed by atoms with Gasteiger partial charge in [0.25, 0.3) is 11.9 Å². The third kappa shape index (κ3) is 5.29. The van der Waals surface area contributed by atoms with Crippen LogP contribution in [0.15, 0.2) is 60.8 Å². The van der Waals surface area contributed by atoms with Crippen LogP contribution >= 0.6 is 0 Å². The first-order valence-electron chi connectivity index (χ1n) is 8.82. The minimum absolute atomic E-state index is 0.190. The van der Waals surface area contributed by atoms with Crippen LogP contribution in [0.2, 0.25) is 0 Å². The molecule has 10 heteroatoms. The predicted octanol–water partition coefficient (Wildman–Crippen LogP) is 3.02. The largest absolute Gasteiger partial charge is 0.481 e. The Labute approximate surface area is 171 Å². The number of aromatic nitrogens is 4. The van der Waals surface area contributed by atoms with E-state index in [2.05, 4.69) is 30.8 Å². The second-order valence-electron chi connectivity index (χ2n) is 6.10. The first-order chi connectivity index (χ1) is 14.4. The molecule has 0 atom stereocenters. The number of hydrogen-bond acceptors (Lipinski definition) is 7. The Morgan fingerprint density at radius 3 is 2.53 bits per heavy atom. The number of rotatable bonds is 4. The van der Waals surface area contributed by atoms with E-state index in [1.54, 1.807) is 24.4 Å². The second kappa shape index (κ2) is 9.15. The van der Waals surface area contributed by atoms with Crippen molar-refractivity contribution in [1.29, 1.82) is 0 Å². The van der Waals surface area contributed by atoms with Gasteiger partial charge in [-0.15, -0.1) is 0 Å². The lowest BCUT2D eigenvalue weighted by Crippen LogP contribution is -2.12. The zero-order valence-electron chi connectivity index (χ0n) is 16.0. The van der Waals surface area contributed by atoms with Gasteiger partial charge >= 0.3 is 0 Å². The van der Waals surface area contributed by atoms with Gasteiger partial charge in [0.05, 0.1) is 5.52 Å². The zero-order chi connectivity index (χ0) is 21.5. The zero-order valence-corrected chi connectivity index (χ0v) is 16.0. The second-order valence-corrected chi connectivity index (χ2v) is 6.10. The summed E-state index contributed by atoms with van der Waals surface area (Å²) in [6.45, 7) is 1.08. The van der Waals surface area contributed by atoms with Crippen molar-refractivity contribution in [3.05, 3.63) is 66.4 Å². The smallest absolute Gasteiger partial charge is 0.300 e. The highest BCUT2D eigenvalue weighted by Crippen LogP contribution is 2.26. The first kappa shape index (κ1) is 20.3. The average molecular weight is 405 g/mol. The highest BCUT2D eigenvalue weighted by molar-refractivity contribution is 6.08. The van der Waals surface area contributed by atoms with Crippen molar-refractivity contribution in [2.45, 2.75) is 6.92 Å². The summed E-state index contributed by atoms with van der Waals surface area (Å²) in [5.74, 6) is 0.172. The minimum atomic E-state index is -0.833. The Bertz CT molecular complexity index is 1170. The molecule has 0 fully saturated rings. The van der Waals surface area contributed by atoms with Crippen molar-refractivity contribution in [3.8, 4) is 0 Å². The Kier molecular flexibility index (Phi) is 6.18. The number of hydrogen-bond donors (Lipinski definition) is 5. The molecule has 2 aromatic carbocycles. The minimum Gasteiger partial charge on any atom is -0.481 e. The molecule has 0 radical (unpaired) electrons. The lowest BCUT2D eigenvalue weighted by molar-refractivity contribution is -0.134. The molecule has 0 aliphatic rings. The molecule has 0 bridgehead atoms. The van der Waals surface area contributed by atoms with Crippen LogP contribution < -0.4 is 16.4 Å². The van der Waals surface area contributed by atoms with Gasteiger partial charge in [0.2, 0.25) is 5.95 Å². The number of carbonyl (C=O) groups excluding carboxylic acids is 1. The van der Waals surface area contributed by atoms with Crippen molar-refractivity contribution < 1.29 is 14.7 Å². The summed E-state index contributed by atoms with van der Waals surface area (Å²) in [6, 6.07) is 16.3. The van der Waals surface area contributed by atoms with E-state index in [0.717, 1.165) is 23.5 Å². The van der Waals surface area contributed by atoms with Gasteiger partial charge in [-0.1, -0.05) is 18.2 Å². The molecular weight excluding hydrogens is 386 g/mol. The van der Waals surface area contributed by atoms with Gasteiger partial charge in [0.1, 0.15) is 5.82 Å². The number of nitrogens with two attached hydrogens (primary N) is 1. The van der Waals surface area contributed by atoms with Crippen LogP contribution in [-0.4, -0.2) is 37.1 Å². The molecule has 0 aliphatic heterocycles. The summed E-state index contributed by atoms with van der Waals surface area (Å²) in [6.07, 6.45) is 1.58. The molecule has 2 heterocycles. The molecule has 10 nitrogen and oxygen atoms in total. The molecule has 30 heavy (non-hydrogen) atoms. The highest BCUT2D eigenvalue weighted by Gasteiger charge is 2.11. The molecular formula is C20H19N7O3. The number of carboxylic acid groups (broad SMARTS) is 1. The van der Waals surface area contributed by atoms with Crippen molar-refractivity contribution >= 4 is 46.1 Å². The molecule has 4 aromatic rings. The van der Waals surface area contributed by atoms with E-state index in [1.165, 1.54) is 0 Å². The monoisotopic (exact) mass is 405 g/mol. The maximum absolute atomic E-state index is 12.4. The van der Waals surface area contributed by atoms with Gasteiger partial charge in [-0.25, -0.2) is 4.98 Å². The van der Waals surface area contributed by atoms with E-state index < -0.39 is 5.97 Å². The molecule has 0 unspecified atom stereocenters. The summed E-state index contributed by atoms with van der Waals surface area (Å²) >= 11 is 0. The van der Waals surface area contributed by atoms with Crippen LogP contribution in [0.5, 0.6) is 0 Å². The van der Waals surface area contributed by atoms with E-state index in [0.29, 0.717) is 17.2 Å². The average Bonchev–Trinajstić information content (AvgIpc) is 3.10. The number of carbonyl (C=O) groups is 2. The van der Waals surface area contributed by atoms with E-state index in [-0.39, 0.29) is 11.9 Å². The van der Waals surface area contributed by atoms with Crippen LogP contribution in [0.1, 0.15) is 17.3 Å². The Morgan fingerprint density at radius 2 is 1.83 bits per heavy atom. The molecule has 2 aromatic heterocycles. The number of benzene rings is 2. The van der Waals surface area contributed by atoms with Crippen LogP contribution in [0.25, 0.3) is 10.9 Å². The number of aromatic amines is 1. The van der Waals surface area contributed by atoms with Crippen LogP contribution in [0, 0.1) is 0 Å². The fourth-order valence-corrected chi connectivity index (χ4v) is 2.55. The number of fused-ring (bicyclic) bond motifs is 1. The number of anilines is 4. The van der Waals surface area contributed by atoms with Crippen molar-refractivity contribution in [2.75, 3.05) is 16.4 Å². The maximum atomic E-state index is 12.4. The summed E-state index contributed by atoms with van der Waals surface area (Å²) in [5, 5.41) is 21.3. The topological polar surface area (TPSA) is 159 Å². The Hall–Kier alpha value is -4.47. The molecule has 4 rings (SSSR count). The fourth-order valence-electron chi connectivity index (χ4n) is 2.55. The van der Waals surface area contributed by atoms with Gasteiger partial charge < -0.3 is 21.5 Å². The molecule has 6 N–H and O–H groups in total. The first-order valence-corrected chi connectivity index (χ1v) is 8.82. The van der Waals surface area contributed by atoms with E-state index in [1.807, 2.05) is 36.4 Å². The normalized spacial score (nSPS) is 10.0. The fraction of sp³-hybridized carbons (Fsp3) is 0.0500. The Morgan fingerprint density at radius 1 is 1.10 bits per heavy atom. The number of nitrogens with zero attached hydrogens (tertiary/aromatic N) is 3. The van der Waals surface area contributed by atoms with Crippen LogP contribution in [0.4, 0.5) is 23.3 Å². The molecule has 0 saturated heterocycles. The molecule has 0 saturated carbocycles. The van der Waals surface area contributed by atoms with Crippen LogP contribution in [0.3, 0.4) is 0 Å². The van der Waals surface area contributed by atoms with E-state index in [4.69, 9.17) is 15.6 Å². The summed E-state index contributed by atoms with van der Waals surface area (Å²) in [4.78, 5) is 29.3. The number of nitrogens with one attached hydrogen (secondary N) is 3. The molecule has 152 valence electrons. The van der Waals surface area contributed by atoms with E-state index >= 15 is 0 Å². The SMILES string of the molecule is CC(=O)O.Nc1nccc(Nc2ccc3[nH]nc(NC(=O)c4ccccc4)c3c2)n1. The lowest BCUT2D eigenvalue weighted by atomic mass is 10.2. The number of nitrogen functional groups attached to an aromatic ring is 1. The van der Waals surface area contributed by atoms with Crippen molar-refractivity contribution in [1.82, 2.24) is 20.2 Å². The summed E-state index contributed by atoms with van der Waals surface area (Å²) in [7, 11) is 0. The number of aliphatic carboxylic acids is 1. The van der Waals surface area contributed by atoms with Gasteiger partial charge in [-0.05, 0) is 36.4 Å². The summed E-state index contributed by atoms with van der Waals surface area (Å²) < 4.78 is 0. The molecule has 0 spiro atoms. The summed E-state index contributed by atoms with van der Waals surface area (Å²) in [5.41, 5.74) is 7.75. The predicted molar refractivity (Wildman–Crippen MR) is 114 cm³/mol. The molecule has 0 aliphatic carbocycles. The Balaban J connectivity index is 0.000000589. The lowest BCUT2D eigenvalue weighted by Gasteiger charge is -2.06. The van der Waals surface area contributed by atoms with Crippen LogP contribution in [-0.2, 0) is 4.79 Å². The van der Waals surface area contributed by atoms with Crippen molar-refractivity contribution in [3.63, 3.8) is 0 Å². The van der Waals surface area contributed by atoms with Gasteiger partial charge in [0, 0.05) is 29.8 Å². The number of H-pyrrole nitrogens is 1. The molecule has 1 amide bonds. The van der Waals surface area contributed by atoms with Gasteiger partial charge in [-0.3, -0.25) is 14.7 Å². The third-order valence-electron chi connectivity index (χ3n) is 3.78. The quantitative estimate of drug-likeness (QED) is 0.346. The standard InChI is InChI=1S/C18H15N7O.C2H4O2/c19-18-20-9-8-15(22-18)21-12-6-7-14-13(10-12)16(25-24-14)23-17(26)11-4-2-1-3-5-11;1-2(3)4/h1-10H,(H3,19,20,21,22)(H2,23,24,25,26);1H3,(H,3,4). The maximum Gasteiger partial charge on any atom is 0.300 e. The van der Waals surface area contributed by atoms with Crippen molar-refractivity contribution in [2.24, 2.45) is 0 Å². The van der Waals surface area contributed by atoms with Gasteiger partial charge in [-0.2, -0.15) is 10.1 Å². The number of amides is 1. The van der Waals surface area contributed by atoms with E-state index in [9.17, 15) is 4.79 Å². The third-order valence-corrected chi connectivity index (χ3v) is 3.78.